The van der Waals surface area contributed by atoms with Crippen molar-refractivity contribution < 1.29 is 0 Å². The molecule has 0 saturated carbocycles. The largest absolute Gasteiger partial charge is 0.357 e. The summed E-state index contributed by atoms with van der Waals surface area (Å²) in [5.74, 6) is 0.915. The van der Waals surface area contributed by atoms with E-state index in [-0.39, 0.29) is 0 Å². The predicted octanol–water partition coefficient (Wildman–Crippen LogP) is 2.58. The summed E-state index contributed by atoms with van der Waals surface area (Å²) in [4.78, 5) is 6.58. The minimum absolute atomic E-state index is 0.639. The van der Waals surface area contributed by atoms with Crippen molar-refractivity contribution in [3.8, 4) is 0 Å². The summed E-state index contributed by atoms with van der Waals surface area (Å²) >= 11 is 0. The highest BCUT2D eigenvalue weighted by Gasteiger charge is 2.05. The number of nitrogens with zero attached hydrogens (tertiary/aromatic N) is 2. The van der Waals surface area contributed by atoms with E-state index in [1.54, 1.807) is 6.08 Å². The Morgan fingerprint density at radius 2 is 2.06 bits per heavy atom. The fourth-order valence-electron chi connectivity index (χ4n) is 1.66. The first-order valence-corrected chi connectivity index (χ1v) is 6.33. The first-order valence-electron chi connectivity index (χ1n) is 6.33. The Morgan fingerprint density at radius 1 is 1.39 bits per heavy atom. The first-order chi connectivity index (χ1) is 8.67. The molecule has 0 spiro atoms. The average Bonchev–Trinajstić information content (AvgIpc) is 2.37. The van der Waals surface area contributed by atoms with Crippen LogP contribution in [-0.4, -0.2) is 31.0 Å². The summed E-state index contributed by atoms with van der Waals surface area (Å²) in [6.45, 7) is 10.2. The van der Waals surface area contributed by atoms with E-state index in [0.717, 1.165) is 19.0 Å². The van der Waals surface area contributed by atoms with Crippen molar-refractivity contribution in [1.82, 2.24) is 10.2 Å². The maximum atomic E-state index is 4.46. The second kappa shape index (κ2) is 7.54. The number of hydrogen-bond acceptors (Lipinski definition) is 1. The van der Waals surface area contributed by atoms with E-state index in [1.165, 1.54) is 11.1 Å². The molecule has 0 aliphatic heterocycles. The van der Waals surface area contributed by atoms with Crippen molar-refractivity contribution in [3.63, 3.8) is 0 Å². The van der Waals surface area contributed by atoms with Gasteiger partial charge in [-0.25, -0.2) is 4.99 Å². The molecule has 0 amide bonds. The maximum absolute atomic E-state index is 4.46. The molecule has 3 heteroatoms. The predicted molar refractivity (Wildman–Crippen MR) is 78.8 cm³/mol. The number of aryl methyl sites for hydroxylation is 1. The molecule has 0 bridgehead atoms. The normalized spacial score (nSPS) is 11.2. The van der Waals surface area contributed by atoms with E-state index < -0.39 is 0 Å². The summed E-state index contributed by atoms with van der Waals surface area (Å²) in [7, 11) is 2.05. The molecule has 0 aromatic heterocycles. The molecule has 1 aromatic rings. The molecule has 0 atom stereocenters. The van der Waals surface area contributed by atoms with Crippen molar-refractivity contribution in [2.45, 2.75) is 20.4 Å². The SMILES string of the molecule is C=CCN=C(NCC)N(C)Cc1ccc(C)cc1. The van der Waals surface area contributed by atoms with Crippen LogP contribution < -0.4 is 5.32 Å². The first kappa shape index (κ1) is 14.3. The molecule has 0 aliphatic carbocycles. The highest BCUT2D eigenvalue weighted by atomic mass is 15.3. The van der Waals surface area contributed by atoms with Gasteiger partial charge in [-0.15, -0.1) is 6.58 Å². The van der Waals surface area contributed by atoms with Gasteiger partial charge in [0.2, 0.25) is 0 Å². The fraction of sp³-hybridized carbons (Fsp3) is 0.400. The van der Waals surface area contributed by atoms with Gasteiger partial charge >= 0.3 is 0 Å². The van der Waals surface area contributed by atoms with Crippen LogP contribution in [0.4, 0.5) is 0 Å². The number of hydrogen-bond donors (Lipinski definition) is 1. The van der Waals surface area contributed by atoms with E-state index in [9.17, 15) is 0 Å². The summed E-state index contributed by atoms with van der Waals surface area (Å²) in [6.07, 6.45) is 1.80. The summed E-state index contributed by atoms with van der Waals surface area (Å²) in [6, 6.07) is 8.58. The van der Waals surface area contributed by atoms with Crippen molar-refractivity contribution in [2.24, 2.45) is 4.99 Å². The van der Waals surface area contributed by atoms with Gasteiger partial charge in [-0.2, -0.15) is 0 Å². The summed E-state index contributed by atoms with van der Waals surface area (Å²) < 4.78 is 0. The molecular weight excluding hydrogens is 222 g/mol. The lowest BCUT2D eigenvalue weighted by molar-refractivity contribution is 0.478. The highest BCUT2D eigenvalue weighted by Crippen LogP contribution is 2.06. The Hall–Kier alpha value is -1.77. The quantitative estimate of drug-likeness (QED) is 0.490. The van der Waals surface area contributed by atoms with E-state index in [1.807, 2.05) is 7.05 Å². The van der Waals surface area contributed by atoms with E-state index in [2.05, 4.69) is 59.9 Å². The molecule has 0 radical (unpaired) electrons. The van der Waals surface area contributed by atoms with Crippen molar-refractivity contribution in [1.29, 1.82) is 0 Å². The topological polar surface area (TPSA) is 27.6 Å². The van der Waals surface area contributed by atoms with Crippen molar-refractivity contribution in [3.05, 3.63) is 48.0 Å². The van der Waals surface area contributed by atoms with Crippen molar-refractivity contribution in [2.75, 3.05) is 20.1 Å². The maximum Gasteiger partial charge on any atom is 0.194 e. The number of rotatable bonds is 5. The lowest BCUT2D eigenvalue weighted by Crippen LogP contribution is -2.38. The molecule has 3 nitrogen and oxygen atoms in total. The average molecular weight is 245 g/mol. The monoisotopic (exact) mass is 245 g/mol. The number of guanidine groups is 1. The third-order valence-corrected chi connectivity index (χ3v) is 2.61. The Balaban J connectivity index is 2.68. The third-order valence-electron chi connectivity index (χ3n) is 2.61. The fourth-order valence-corrected chi connectivity index (χ4v) is 1.66. The van der Waals surface area contributed by atoms with Gasteiger partial charge in [0.05, 0.1) is 6.54 Å². The minimum atomic E-state index is 0.639. The molecule has 98 valence electrons. The Bertz CT molecular complexity index is 393. The summed E-state index contributed by atoms with van der Waals surface area (Å²) in [5.41, 5.74) is 2.57. The van der Waals surface area contributed by atoms with Crippen LogP contribution in [0.25, 0.3) is 0 Å². The second-order valence-electron chi connectivity index (χ2n) is 4.32. The Kier molecular flexibility index (Phi) is 5.98. The molecule has 0 fully saturated rings. The zero-order chi connectivity index (χ0) is 13.4. The van der Waals surface area contributed by atoms with E-state index >= 15 is 0 Å². The van der Waals surface area contributed by atoms with Gasteiger partial charge in [0, 0.05) is 20.1 Å². The van der Waals surface area contributed by atoms with Crippen LogP contribution in [0.3, 0.4) is 0 Å². The molecule has 0 heterocycles. The van der Waals surface area contributed by atoms with Gasteiger partial charge in [-0.1, -0.05) is 35.9 Å². The molecule has 0 aliphatic rings. The van der Waals surface area contributed by atoms with Gasteiger partial charge in [0.1, 0.15) is 0 Å². The molecule has 1 rings (SSSR count). The molecular formula is C15H23N3. The number of benzene rings is 1. The zero-order valence-electron chi connectivity index (χ0n) is 11.6. The smallest absolute Gasteiger partial charge is 0.194 e. The van der Waals surface area contributed by atoms with E-state index in [0.29, 0.717) is 6.54 Å². The van der Waals surface area contributed by atoms with Gasteiger partial charge in [-0.05, 0) is 19.4 Å². The highest BCUT2D eigenvalue weighted by molar-refractivity contribution is 5.79. The summed E-state index contributed by atoms with van der Waals surface area (Å²) in [5, 5.41) is 3.28. The molecule has 0 saturated heterocycles. The van der Waals surface area contributed by atoms with Gasteiger partial charge in [0.15, 0.2) is 5.96 Å². The Morgan fingerprint density at radius 3 is 2.61 bits per heavy atom. The Labute approximate surface area is 110 Å². The standard InChI is InChI=1S/C15H23N3/c1-5-11-17-15(16-6-2)18(4)12-14-9-7-13(3)8-10-14/h5,7-10H,1,6,11-12H2,2-4H3,(H,16,17). The van der Waals surface area contributed by atoms with Crippen LogP contribution in [-0.2, 0) is 6.54 Å². The van der Waals surface area contributed by atoms with Crippen LogP contribution in [0, 0.1) is 6.92 Å². The number of aliphatic imine (C=N–C) groups is 1. The van der Waals surface area contributed by atoms with Crippen LogP contribution in [0.5, 0.6) is 0 Å². The second-order valence-corrected chi connectivity index (χ2v) is 4.32. The van der Waals surface area contributed by atoms with Crippen molar-refractivity contribution >= 4 is 5.96 Å². The number of nitrogens with one attached hydrogen (secondary N) is 1. The zero-order valence-corrected chi connectivity index (χ0v) is 11.6. The van der Waals surface area contributed by atoms with Crippen LogP contribution in [0.2, 0.25) is 0 Å². The van der Waals surface area contributed by atoms with Crippen LogP contribution >= 0.6 is 0 Å². The van der Waals surface area contributed by atoms with Gasteiger partial charge in [-0.3, -0.25) is 0 Å². The van der Waals surface area contributed by atoms with Gasteiger partial charge in [0.25, 0.3) is 0 Å². The van der Waals surface area contributed by atoms with Crippen LogP contribution in [0.15, 0.2) is 41.9 Å². The molecule has 18 heavy (non-hydrogen) atoms. The van der Waals surface area contributed by atoms with Gasteiger partial charge < -0.3 is 10.2 Å². The lowest BCUT2D eigenvalue weighted by atomic mass is 10.1. The lowest BCUT2D eigenvalue weighted by Gasteiger charge is -2.22. The van der Waals surface area contributed by atoms with E-state index in [4.69, 9.17) is 0 Å². The third kappa shape index (κ3) is 4.62. The molecule has 1 aromatic carbocycles. The molecule has 1 N–H and O–H groups in total. The molecule has 0 unspecified atom stereocenters. The minimum Gasteiger partial charge on any atom is -0.357 e. The van der Waals surface area contributed by atoms with Crippen LogP contribution in [0.1, 0.15) is 18.1 Å².